The topological polar surface area (TPSA) is 112 Å². The molecule has 0 aliphatic heterocycles. The Bertz CT molecular complexity index is 1280. The third kappa shape index (κ3) is 6.38. The minimum atomic E-state index is 0.0475. The molecule has 2 aromatic carbocycles. The number of benzene rings is 2. The highest BCUT2D eigenvalue weighted by Crippen LogP contribution is 2.34. The molecule has 0 saturated heterocycles. The number of phenolic OH excluding ortho intramolecular Hbond substituents is 1. The molecule has 0 atom stereocenters. The van der Waals surface area contributed by atoms with Crippen LogP contribution in [-0.4, -0.2) is 30.1 Å². The largest absolute Gasteiger partial charge is 0.507 e. The molecule has 188 valence electrons. The van der Waals surface area contributed by atoms with E-state index >= 15 is 0 Å². The zero-order valence-electron chi connectivity index (χ0n) is 21.2. The Hall–Kier alpha value is -3.94. The van der Waals surface area contributed by atoms with Crippen molar-refractivity contribution in [2.24, 2.45) is 0 Å². The monoisotopic (exact) mass is 486 g/mol. The first-order chi connectivity index (χ1) is 17.4. The van der Waals surface area contributed by atoms with Gasteiger partial charge in [0.2, 0.25) is 5.95 Å². The smallest absolute Gasteiger partial charge is 0.221 e. The highest BCUT2D eigenvalue weighted by atomic mass is 16.5. The summed E-state index contributed by atoms with van der Waals surface area (Å²) < 4.78 is 7.68. The van der Waals surface area contributed by atoms with Crippen molar-refractivity contribution in [1.29, 1.82) is 0 Å². The number of aryl methyl sites for hydroxylation is 1. The summed E-state index contributed by atoms with van der Waals surface area (Å²) in [6, 6.07) is 15.2. The molecule has 0 aliphatic carbocycles. The number of unbranched alkanes of at least 4 members (excludes halogenated alkanes) is 3. The molecule has 0 saturated carbocycles. The maximum Gasteiger partial charge on any atom is 0.221 e. The Morgan fingerprint density at radius 1 is 0.972 bits per heavy atom. The lowest BCUT2D eigenvalue weighted by molar-refractivity contribution is 0.299. The number of rotatable bonds is 11. The van der Waals surface area contributed by atoms with Gasteiger partial charge in [0.15, 0.2) is 0 Å². The van der Waals surface area contributed by atoms with Crippen LogP contribution in [0.4, 0.5) is 5.95 Å². The fourth-order valence-electron chi connectivity index (χ4n) is 3.98. The van der Waals surface area contributed by atoms with Crippen molar-refractivity contribution >= 4 is 5.95 Å². The number of phenols is 1. The summed E-state index contributed by atoms with van der Waals surface area (Å²) in [5.74, 6) is 1.17. The lowest BCUT2D eigenvalue weighted by atomic mass is 10.00. The van der Waals surface area contributed by atoms with Gasteiger partial charge in [-0.15, -0.1) is 5.10 Å². The van der Waals surface area contributed by atoms with Crippen molar-refractivity contribution in [3.05, 3.63) is 66.0 Å². The van der Waals surface area contributed by atoms with Crippen LogP contribution < -0.4 is 10.5 Å². The zero-order valence-corrected chi connectivity index (χ0v) is 21.2. The average Bonchev–Trinajstić information content (AvgIpc) is 3.33. The zero-order chi connectivity index (χ0) is 25.5. The van der Waals surface area contributed by atoms with E-state index in [9.17, 15) is 5.11 Å². The molecule has 8 nitrogen and oxygen atoms in total. The van der Waals surface area contributed by atoms with E-state index in [2.05, 4.69) is 53.2 Å². The van der Waals surface area contributed by atoms with Crippen LogP contribution >= 0.6 is 0 Å². The summed E-state index contributed by atoms with van der Waals surface area (Å²) >= 11 is 0. The first kappa shape index (κ1) is 25.2. The molecule has 0 radical (unpaired) electrons. The van der Waals surface area contributed by atoms with Crippen LogP contribution in [0.2, 0.25) is 0 Å². The van der Waals surface area contributed by atoms with E-state index < -0.39 is 0 Å². The predicted molar refractivity (Wildman–Crippen MR) is 142 cm³/mol. The van der Waals surface area contributed by atoms with Gasteiger partial charge in [0.05, 0.1) is 17.6 Å². The van der Waals surface area contributed by atoms with Gasteiger partial charge in [-0.25, -0.2) is 9.97 Å². The summed E-state index contributed by atoms with van der Waals surface area (Å²) in [4.78, 5) is 8.73. The molecule has 0 fully saturated rings. The summed E-state index contributed by atoms with van der Waals surface area (Å²) in [7, 11) is 0. The molecule has 4 aromatic rings. The molecule has 4 rings (SSSR count). The van der Waals surface area contributed by atoms with E-state index in [1.807, 2.05) is 29.1 Å². The number of hydrogen-bond acceptors (Lipinski definition) is 7. The summed E-state index contributed by atoms with van der Waals surface area (Å²) in [5.41, 5.74) is 10.7. The third-order valence-corrected chi connectivity index (χ3v) is 6.08. The van der Waals surface area contributed by atoms with E-state index in [0.29, 0.717) is 28.6 Å². The Morgan fingerprint density at radius 3 is 2.47 bits per heavy atom. The maximum atomic E-state index is 10.7. The van der Waals surface area contributed by atoms with E-state index in [1.54, 1.807) is 18.2 Å². The van der Waals surface area contributed by atoms with Gasteiger partial charge in [-0.05, 0) is 36.1 Å². The van der Waals surface area contributed by atoms with Gasteiger partial charge >= 0.3 is 0 Å². The average molecular weight is 487 g/mol. The van der Waals surface area contributed by atoms with Crippen molar-refractivity contribution in [3.8, 4) is 34.0 Å². The predicted octanol–water partition coefficient (Wildman–Crippen LogP) is 5.97. The van der Waals surface area contributed by atoms with Gasteiger partial charge < -0.3 is 15.6 Å². The molecule has 8 heteroatoms. The van der Waals surface area contributed by atoms with E-state index in [0.717, 1.165) is 24.2 Å². The normalized spacial score (nSPS) is 11.2. The van der Waals surface area contributed by atoms with E-state index in [-0.39, 0.29) is 18.3 Å². The van der Waals surface area contributed by atoms with Gasteiger partial charge in [-0.3, -0.25) is 4.68 Å². The fraction of sp³-hybridized carbons (Fsp3) is 0.357. The second-order valence-corrected chi connectivity index (χ2v) is 9.27. The second-order valence-electron chi connectivity index (χ2n) is 9.27. The fourth-order valence-corrected chi connectivity index (χ4v) is 3.98. The Balaban J connectivity index is 1.44. The number of nitrogens with zero attached hydrogens (tertiary/aromatic N) is 5. The van der Waals surface area contributed by atoms with Gasteiger partial charge in [0.25, 0.3) is 0 Å². The second kappa shape index (κ2) is 11.7. The van der Waals surface area contributed by atoms with Crippen molar-refractivity contribution in [3.63, 3.8) is 0 Å². The highest BCUT2D eigenvalue weighted by Gasteiger charge is 2.13. The molecular weight excluding hydrogens is 452 g/mol. The van der Waals surface area contributed by atoms with Crippen molar-refractivity contribution in [2.45, 2.75) is 65.5 Å². The van der Waals surface area contributed by atoms with Crippen molar-refractivity contribution in [2.75, 3.05) is 5.73 Å². The summed E-state index contributed by atoms with van der Waals surface area (Å²) in [6.45, 7) is 7.64. The molecule has 0 amide bonds. The van der Waals surface area contributed by atoms with E-state index in [1.165, 1.54) is 24.8 Å². The maximum absolute atomic E-state index is 10.7. The molecule has 0 aliphatic rings. The van der Waals surface area contributed by atoms with Crippen LogP contribution in [0.15, 0.2) is 54.7 Å². The van der Waals surface area contributed by atoms with Crippen LogP contribution in [0, 0.1) is 0 Å². The first-order valence-corrected chi connectivity index (χ1v) is 12.5. The molecule has 2 aromatic heterocycles. The van der Waals surface area contributed by atoms with Gasteiger partial charge in [-0.2, -0.15) is 0 Å². The molecule has 2 heterocycles. The van der Waals surface area contributed by atoms with Crippen molar-refractivity contribution < 1.29 is 9.84 Å². The molecule has 0 bridgehead atoms. The van der Waals surface area contributed by atoms with Crippen molar-refractivity contribution in [1.82, 2.24) is 25.0 Å². The van der Waals surface area contributed by atoms with Gasteiger partial charge in [0.1, 0.15) is 23.8 Å². The number of aromatic hydroxyl groups is 1. The number of nitrogen functional groups attached to an aromatic ring is 1. The Kier molecular flexibility index (Phi) is 8.15. The van der Waals surface area contributed by atoms with Crippen LogP contribution in [0.5, 0.6) is 11.5 Å². The molecule has 36 heavy (non-hydrogen) atoms. The summed E-state index contributed by atoms with van der Waals surface area (Å²) in [5, 5.41) is 19.1. The van der Waals surface area contributed by atoms with Crippen LogP contribution in [0.3, 0.4) is 0 Å². The van der Waals surface area contributed by atoms with Gasteiger partial charge in [-0.1, -0.05) is 69.5 Å². The summed E-state index contributed by atoms with van der Waals surface area (Å²) in [6.07, 6.45) is 6.63. The SMILES string of the molecule is CCCCCCn1cc(COc2ccc(-c3cc(-c4ccc(C(C)C)cc4)nc(N)n3)c(O)c2)nn1. The molecular formula is C28H34N6O2. The van der Waals surface area contributed by atoms with E-state index in [4.69, 9.17) is 10.5 Å². The minimum Gasteiger partial charge on any atom is -0.507 e. The van der Waals surface area contributed by atoms with Crippen LogP contribution in [0.1, 0.15) is 63.6 Å². The third-order valence-electron chi connectivity index (χ3n) is 6.08. The molecule has 3 N–H and O–H groups in total. The lowest BCUT2D eigenvalue weighted by Crippen LogP contribution is -2.00. The molecule has 0 spiro atoms. The quantitative estimate of drug-likeness (QED) is 0.251. The number of hydrogen-bond donors (Lipinski definition) is 2. The minimum absolute atomic E-state index is 0.0475. The number of aromatic nitrogens is 5. The Morgan fingerprint density at radius 2 is 1.75 bits per heavy atom. The van der Waals surface area contributed by atoms with Gasteiger partial charge in [0, 0.05) is 23.7 Å². The molecule has 0 unspecified atom stereocenters. The standard InChI is InChI=1S/C28H34N6O2/c1-4-5-6-7-14-34-17-22(32-33-34)18-36-23-12-13-24(27(35)15-23)26-16-25(30-28(29)31-26)21-10-8-20(9-11-21)19(2)3/h8-13,15-17,19,35H,4-7,14,18H2,1-3H3,(H2,29,30,31). The first-order valence-electron chi connectivity index (χ1n) is 12.5. The number of ether oxygens (including phenoxy) is 1. The van der Waals surface area contributed by atoms with Crippen LogP contribution in [0.25, 0.3) is 22.5 Å². The number of anilines is 1. The Labute approximate surface area is 212 Å². The van der Waals surface area contributed by atoms with Crippen LogP contribution in [-0.2, 0) is 13.2 Å². The lowest BCUT2D eigenvalue weighted by Gasteiger charge is -2.11. The highest BCUT2D eigenvalue weighted by molar-refractivity contribution is 5.73. The number of nitrogens with two attached hydrogens (primary N) is 1.